The molecule has 1 N–H and O–H groups in total. The maximum atomic E-state index is 11.5. The van der Waals surface area contributed by atoms with Crippen LogP contribution in [0.3, 0.4) is 0 Å². The van der Waals surface area contributed by atoms with Crippen molar-refractivity contribution in [2.24, 2.45) is 13.0 Å². The second-order valence-corrected chi connectivity index (χ2v) is 11.8. The van der Waals surface area contributed by atoms with Gasteiger partial charge in [0.15, 0.2) is 0 Å². The maximum absolute atomic E-state index is 11.5. The van der Waals surface area contributed by atoms with Crippen molar-refractivity contribution in [1.29, 1.82) is 0 Å². The Morgan fingerprint density at radius 1 is 1.13 bits per heavy atom. The molecule has 2 aromatic carbocycles. The van der Waals surface area contributed by atoms with Gasteiger partial charge in [-0.25, -0.2) is 4.79 Å². The van der Waals surface area contributed by atoms with Crippen LogP contribution in [0.25, 0.3) is 22.2 Å². The smallest absolute Gasteiger partial charge is 0.337 e. The number of hydrogen-bond donors (Lipinski definition) is 1. The number of nitrogens with zero attached hydrogens (tertiary/aromatic N) is 3. The maximum Gasteiger partial charge on any atom is 0.337 e. The number of carbonyl (C=O) groups is 1. The summed E-state index contributed by atoms with van der Waals surface area (Å²) < 4.78 is 7.67. The van der Waals surface area contributed by atoms with E-state index in [-0.39, 0.29) is 5.92 Å². The van der Waals surface area contributed by atoms with E-state index in [0.29, 0.717) is 21.5 Å². The Balaban J connectivity index is 1.17. The molecule has 0 bridgehead atoms. The largest absolute Gasteiger partial charge is 0.478 e. The molecule has 0 atom stereocenters. The molecule has 0 unspecified atom stereocenters. The van der Waals surface area contributed by atoms with Crippen molar-refractivity contribution in [3.63, 3.8) is 0 Å². The molecule has 0 radical (unpaired) electrons. The minimum atomic E-state index is -0.887. The average molecular weight is 569 g/mol. The van der Waals surface area contributed by atoms with Gasteiger partial charge in [0.2, 0.25) is 0 Å². The zero-order valence-corrected chi connectivity index (χ0v) is 24.2. The molecule has 0 aliphatic carbocycles. The van der Waals surface area contributed by atoms with Crippen LogP contribution in [0.1, 0.15) is 73.6 Å². The molecule has 1 saturated heterocycles. The van der Waals surface area contributed by atoms with E-state index in [1.165, 1.54) is 12.1 Å². The van der Waals surface area contributed by atoms with Crippen molar-refractivity contribution in [2.45, 2.75) is 58.3 Å². The number of halogens is 2. The number of benzene rings is 2. The first-order valence-electron chi connectivity index (χ1n) is 13.7. The standard InChI is InChI=1S/C31H35Cl2N3O3/c1-19(2)30-23(29(34-39-30)28-25(32)9-6-10-26(28)33)8-5-4-7-20-13-15-36(16-14-20)21-11-12-22-24(31(37)38)18-35(3)27(22)17-21/h6,9-12,17-20H,4-5,7-8,13-16H2,1-3H3,(H,37,38). The van der Waals surface area contributed by atoms with Gasteiger partial charge in [0.05, 0.1) is 21.1 Å². The highest BCUT2D eigenvalue weighted by molar-refractivity contribution is 6.39. The van der Waals surface area contributed by atoms with Crippen molar-refractivity contribution in [3.05, 3.63) is 69.5 Å². The van der Waals surface area contributed by atoms with E-state index in [4.69, 9.17) is 27.7 Å². The topological polar surface area (TPSA) is 71.5 Å². The van der Waals surface area contributed by atoms with E-state index < -0.39 is 5.97 Å². The highest BCUT2D eigenvalue weighted by atomic mass is 35.5. The second kappa shape index (κ2) is 11.6. The lowest BCUT2D eigenvalue weighted by Crippen LogP contribution is -2.33. The predicted octanol–water partition coefficient (Wildman–Crippen LogP) is 8.59. The summed E-state index contributed by atoms with van der Waals surface area (Å²) in [5.41, 5.74) is 5.13. The first-order valence-corrected chi connectivity index (χ1v) is 14.5. The van der Waals surface area contributed by atoms with E-state index >= 15 is 0 Å². The van der Waals surface area contributed by atoms with Crippen LogP contribution in [0.4, 0.5) is 5.69 Å². The molecule has 8 heteroatoms. The fourth-order valence-electron chi connectivity index (χ4n) is 5.89. The molecule has 4 aromatic rings. The Morgan fingerprint density at radius 3 is 2.51 bits per heavy atom. The van der Waals surface area contributed by atoms with Gasteiger partial charge in [0.25, 0.3) is 0 Å². The van der Waals surface area contributed by atoms with E-state index in [1.54, 1.807) is 6.20 Å². The minimum Gasteiger partial charge on any atom is -0.478 e. The third-order valence-corrected chi connectivity index (χ3v) is 8.65. The Morgan fingerprint density at radius 2 is 1.85 bits per heavy atom. The van der Waals surface area contributed by atoms with Crippen LogP contribution < -0.4 is 4.90 Å². The molecule has 0 spiro atoms. The van der Waals surface area contributed by atoms with E-state index in [9.17, 15) is 9.90 Å². The molecule has 1 aliphatic rings. The number of carboxylic acid groups (broad SMARTS) is 1. The van der Waals surface area contributed by atoms with Crippen LogP contribution in [0.5, 0.6) is 0 Å². The molecule has 6 nitrogen and oxygen atoms in total. The Labute approximate surface area is 239 Å². The zero-order valence-electron chi connectivity index (χ0n) is 22.7. The fraction of sp³-hybridized carbons (Fsp3) is 0.419. The summed E-state index contributed by atoms with van der Waals surface area (Å²) >= 11 is 13.0. The molecule has 39 heavy (non-hydrogen) atoms. The van der Waals surface area contributed by atoms with E-state index in [2.05, 4.69) is 36.0 Å². The van der Waals surface area contributed by atoms with Gasteiger partial charge < -0.3 is 19.1 Å². The second-order valence-electron chi connectivity index (χ2n) is 11.0. The molecular weight excluding hydrogens is 533 g/mol. The third kappa shape index (κ3) is 5.68. The van der Waals surface area contributed by atoms with Crippen molar-refractivity contribution in [3.8, 4) is 11.3 Å². The fourth-order valence-corrected chi connectivity index (χ4v) is 6.47. The predicted molar refractivity (Wildman–Crippen MR) is 158 cm³/mol. The van der Waals surface area contributed by atoms with Gasteiger partial charge in [-0.3, -0.25) is 0 Å². The van der Waals surface area contributed by atoms with Gasteiger partial charge in [0, 0.05) is 54.5 Å². The van der Waals surface area contributed by atoms with Gasteiger partial charge >= 0.3 is 5.97 Å². The quantitative estimate of drug-likeness (QED) is 0.205. The highest BCUT2D eigenvalue weighted by Crippen LogP contribution is 2.39. The summed E-state index contributed by atoms with van der Waals surface area (Å²) in [6.45, 7) is 6.28. The molecule has 0 amide bonds. The van der Waals surface area contributed by atoms with Crippen LogP contribution in [-0.4, -0.2) is 33.9 Å². The molecule has 1 fully saturated rings. The number of hydrogen-bond acceptors (Lipinski definition) is 4. The van der Waals surface area contributed by atoms with Crippen molar-refractivity contribution in [2.75, 3.05) is 18.0 Å². The Kier molecular flexibility index (Phi) is 8.24. The van der Waals surface area contributed by atoms with Crippen LogP contribution in [0.15, 0.2) is 47.1 Å². The zero-order chi connectivity index (χ0) is 27.7. The summed E-state index contributed by atoms with van der Waals surface area (Å²) in [7, 11) is 1.90. The molecule has 206 valence electrons. The number of unbranched alkanes of at least 4 members (excludes halogenated alkanes) is 1. The van der Waals surface area contributed by atoms with Crippen LogP contribution >= 0.6 is 23.2 Å². The number of aryl methyl sites for hydroxylation is 1. The number of aromatic carboxylic acids is 1. The Hall–Kier alpha value is -2.96. The van der Waals surface area contributed by atoms with Crippen LogP contribution in [0.2, 0.25) is 10.0 Å². The number of aromatic nitrogens is 2. The normalized spacial score (nSPS) is 14.6. The van der Waals surface area contributed by atoms with E-state index in [1.807, 2.05) is 35.9 Å². The summed E-state index contributed by atoms with van der Waals surface area (Å²) in [6.07, 6.45) is 8.33. The monoisotopic (exact) mass is 567 g/mol. The summed E-state index contributed by atoms with van der Waals surface area (Å²) in [5.74, 6) is 0.975. The van der Waals surface area contributed by atoms with Gasteiger partial charge in [-0.2, -0.15) is 0 Å². The van der Waals surface area contributed by atoms with Crippen LogP contribution in [-0.2, 0) is 13.5 Å². The SMILES string of the molecule is CC(C)c1onc(-c2c(Cl)cccc2Cl)c1CCCCC1CCN(c2ccc3c(C(=O)O)cn(C)c3c2)CC1. The summed E-state index contributed by atoms with van der Waals surface area (Å²) in [6, 6.07) is 11.7. The molecule has 1 aliphatic heterocycles. The van der Waals surface area contributed by atoms with E-state index in [0.717, 1.165) is 78.7 Å². The number of rotatable bonds is 9. The first kappa shape index (κ1) is 27.6. The van der Waals surface area contributed by atoms with Crippen LogP contribution in [0, 0.1) is 5.92 Å². The number of fused-ring (bicyclic) bond motifs is 1. The molecule has 3 heterocycles. The molecule has 2 aromatic heterocycles. The lowest BCUT2D eigenvalue weighted by Gasteiger charge is -2.33. The third-order valence-electron chi connectivity index (χ3n) is 8.02. The average Bonchev–Trinajstić information content (AvgIpc) is 3.48. The van der Waals surface area contributed by atoms with Crippen molar-refractivity contribution in [1.82, 2.24) is 9.72 Å². The molecular formula is C31H35Cl2N3O3. The number of anilines is 1. The summed E-state index contributed by atoms with van der Waals surface area (Å²) in [4.78, 5) is 14.0. The van der Waals surface area contributed by atoms with Gasteiger partial charge in [-0.15, -0.1) is 0 Å². The van der Waals surface area contributed by atoms with Gasteiger partial charge in [-0.1, -0.05) is 61.1 Å². The lowest BCUT2D eigenvalue weighted by atomic mass is 9.90. The highest BCUT2D eigenvalue weighted by Gasteiger charge is 2.24. The number of piperidine rings is 1. The first-order chi connectivity index (χ1) is 18.7. The van der Waals surface area contributed by atoms with Crippen molar-refractivity contribution < 1.29 is 14.4 Å². The molecule has 5 rings (SSSR count). The lowest BCUT2D eigenvalue weighted by molar-refractivity contribution is 0.0699. The van der Waals surface area contributed by atoms with Gasteiger partial charge in [-0.05, 0) is 61.9 Å². The summed E-state index contributed by atoms with van der Waals surface area (Å²) in [5, 5.41) is 15.8. The Bertz CT molecular complexity index is 1460. The molecule has 0 saturated carbocycles. The van der Waals surface area contributed by atoms with Crippen molar-refractivity contribution >= 4 is 45.8 Å². The minimum absolute atomic E-state index is 0.234. The van der Waals surface area contributed by atoms with Gasteiger partial charge in [0.1, 0.15) is 11.5 Å². The number of carboxylic acids is 1.